The predicted molar refractivity (Wildman–Crippen MR) is 124 cm³/mol. The zero-order valence-corrected chi connectivity index (χ0v) is 19.3. The number of methoxy groups -OCH3 is 1. The molecule has 0 atom stereocenters. The number of nitrogens with zero attached hydrogens (tertiary/aromatic N) is 5. The number of carbonyl (C=O) groups excluding carboxylic acids is 1. The molecular formula is C25H29N5O3. The molecule has 172 valence electrons. The highest BCUT2D eigenvalue weighted by Gasteiger charge is 2.35. The first-order valence-electron chi connectivity index (χ1n) is 11.5. The smallest absolute Gasteiger partial charge is 0.257 e. The maximum atomic E-state index is 13.3. The minimum Gasteiger partial charge on any atom is -0.497 e. The van der Waals surface area contributed by atoms with Crippen LogP contribution in [0.4, 0.5) is 0 Å². The third kappa shape index (κ3) is 3.88. The number of hydrogen-bond donors (Lipinski definition) is 1. The van der Waals surface area contributed by atoms with Crippen LogP contribution in [0.5, 0.6) is 5.75 Å². The van der Waals surface area contributed by atoms with Crippen LogP contribution in [0.15, 0.2) is 30.6 Å². The molecule has 5 rings (SSSR count). The van der Waals surface area contributed by atoms with Gasteiger partial charge in [-0.05, 0) is 62.8 Å². The molecule has 2 aromatic heterocycles. The first-order chi connectivity index (χ1) is 16.0. The Morgan fingerprint density at radius 1 is 1.24 bits per heavy atom. The highest BCUT2D eigenvalue weighted by atomic mass is 16.5. The van der Waals surface area contributed by atoms with Gasteiger partial charge in [-0.15, -0.1) is 0 Å². The number of aliphatic hydroxyl groups is 1. The third-order valence-electron chi connectivity index (χ3n) is 6.50. The number of aliphatic hydroxyl groups excluding tert-OH is 1. The average Bonchev–Trinajstić information content (AvgIpc) is 3.58. The Morgan fingerprint density at radius 3 is 2.73 bits per heavy atom. The molecule has 0 unspecified atom stereocenters. The predicted octanol–water partition coefficient (Wildman–Crippen LogP) is 3.16. The van der Waals surface area contributed by atoms with Gasteiger partial charge in [0.05, 0.1) is 36.9 Å². The van der Waals surface area contributed by atoms with Gasteiger partial charge in [0.1, 0.15) is 5.75 Å². The van der Waals surface area contributed by atoms with Crippen molar-refractivity contribution in [2.24, 2.45) is 0 Å². The van der Waals surface area contributed by atoms with E-state index in [1.807, 2.05) is 32.2 Å². The van der Waals surface area contributed by atoms with Crippen molar-refractivity contribution >= 4 is 5.91 Å². The first-order valence-corrected chi connectivity index (χ1v) is 11.5. The molecule has 1 N–H and O–H groups in total. The van der Waals surface area contributed by atoms with Crippen LogP contribution in [0.25, 0.3) is 17.2 Å². The lowest BCUT2D eigenvalue weighted by Gasteiger charge is -2.26. The van der Waals surface area contributed by atoms with E-state index in [-0.39, 0.29) is 24.5 Å². The molecule has 1 amide bonds. The quantitative estimate of drug-likeness (QED) is 0.598. The summed E-state index contributed by atoms with van der Waals surface area (Å²) >= 11 is 0. The molecular weight excluding hydrogens is 418 g/mol. The van der Waals surface area contributed by atoms with Gasteiger partial charge in [0.25, 0.3) is 11.9 Å². The summed E-state index contributed by atoms with van der Waals surface area (Å²) in [6, 6.07) is 6.09. The minimum atomic E-state index is -0.111. The molecule has 1 fully saturated rings. The van der Waals surface area contributed by atoms with Crippen LogP contribution < -0.4 is 4.74 Å². The topological polar surface area (TPSA) is 93.4 Å². The lowest BCUT2D eigenvalue weighted by molar-refractivity contribution is 0.0664. The van der Waals surface area contributed by atoms with E-state index >= 15 is 0 Å². The molecule has 2 heterocycles. The number of ether oxygens (including phenoxy) is 1. The van der Waals surface area contributed by atoms with Crippen LogP contribution >= 0.6 is 0 Å². The van der Waals surface area contributed by atoms with Crippen LogP contribution in [-0.4, -0.2) is 62.0 Å². The molecule has 8 heteroatoms. The first kappa shape index (κ1) is 21.6. The molecule has 0 bridgehead atoms. The monoisotopic (exact) mass is 447 g/mol. The Hall–Kier alpha value is -3.26. The second kappa shape index (κ2) is 8.59. The summed E-state index contributed by atoms with van der Waals surface area (Å²) in [5.74, 6) is 1.43. The van der Waals surface area contributed by atoms with Gasteiger partial charge in [-0.1, -0.05) is 6.07 Å². The van der Waals surface area contributed by atoms with Crippen molar-refractivity contribution in [3.05, 3.63) is 53.0 Å². The third-order valence-corrected chi connectivity index (χ3v) is 6.50. The number of aromatic nitrogens is 4. The standard InChI is InChI=1S/C25H29N5O3/c1-15(2)29(10-11-31)24(32)21-14-27-30(23(21)17-5-6-17)25-26-13-18-7-4-16-8-9-19(33-3)12-20(16)22(18)28-25/h8-9,12-15,17,31H,4-7,10-11H2,1-3H3. The lowest BCUT2D eigenvalue weighted by Crippen LogP contribution is -2.39. The van der Waals surface area contributed by atoms with Gasteiger partial charge in [-0.3, -0.25) is 4.79 Å². The summed E-state index contributed by atoms with van der Waals surface area (Å²) in [6.45, 7) is 4.12. The van der Waals surface area contributed by atoms with E-state index in [4.69, 9.17) is 9.72 Å². The molecule has 1 saturated carbocycles. The number of fused-ring (bicyclic) bond motifs is 3. The fourth-order valence-corrected chi connectivity index (χ4v) is 4.59. The second-order valence-corrected chi connectivity index (χ2v) is 9.01. The Kier molecular flexibility index (Phi) is 5.62. The van der Waals surface area contributed by atoms with Crippen LogP contribution in [-0.2, 0) is 12.8 Å². The normalized spacial score (nSPS) is 14.7. The molecule has 0 aliphatic heterocycles. The molecule has 0 saturated heterocycles. The molecule has 1 aromatic carbocycles. The summed E-state index contributed by atoms with van der Waals surface area (Å²) in [5.41, 5.74) is 5.74. The van der Waals surface area contributed by atoms with Crippen LogP contribution in [0.2, 0.25) is 0 Å². The van der Waals surface area contributed by atoms with Crippen LogP contribution in [0, 0.1) is 0 Å². The van der Waals surface area contributed by atoms with Crippen LogP contribution in [0.3, 0.4) is 0 Å². The van der Waals surface area contributed by atoms with Crippen molar-refractivity contribution in [1.82, 2.24) is 24.6 Å². The summed E-state index contributed by atoms with van der Waals surface area (Å²) in [6.07, 6.45) is 7.36. The van der Waals surface area contributed by atoms with Crippen molar-refractivity contribution in [1.29, 1.82) is 0 Å². The number of hydrogen-bond acceptors (Lipinski definition) is 6. The van der Waals surface area contributed by atoms with Crippen molar-refractivity contribution in [2.75, 3.05) is 20.3 Å². The molecule has 3 aromatic rings. The molecule has 8 nitrogen and oxygen atoms in total. The maximum Gasteiger partial charge on any atom is 0.257 e. The summed E-state index contributed by atoms with van der Waals surface area (Å²) in [7, 11) is 1.66. The Labute approximate surface area is 193 Å². The number of amides is 1. The van der Waals surface area contributed by atoms with E-state index in [0.717, 1.165) is 53.9 Å². The summed E-state index contributed by atoms with van der Waals surface area (Å²) in [4.78, 5) is 24.6. The number of benzene rings is 1. The van der Waals surface area contributed by atoms with Gasteiger partial charge >= 0.3 is 0 Å². The van der Waals surface area contributed by atoms with E-state index in [1.54, 1.807) is 22.9 Å². The number of carbonyl (C=O) groups is 1. The van der Waals surface area contributed by atoms with Gasteiger partial charge in [-0.25, -0.2) is 14.6 Å². The number of aryl methyl sites for hydroxylation is 2. The highest BCUT2D eigenvalue weighted by molar-refractivity contribution is 5.95. The van der Waals surface area contributed by atoms with E-state index in [1.165, 1.54) is 5.56 Å². The molecule has 2 aliphatic carbocycles. The van der Waals surface area contributed by atoms with Gasteiger partial charge in [0, 0.05) is 30.3 Å². The fraction of sp³-hybridized carbons (Fsp3) is 0.440. The lowest BCUT2D eigenvalue weighted by atomic mass is 9.90. The molecule has 33 heavy (non-hydrogen) atoms. The van der Waals surface area contributed by atoms with Gasteiger partial charge in [-0.2, -0.15) is 5.10 Å². The highest BCUT2D eigenvalue weighted by Crippen LogP contribution is 2.43. The van der Waals surface area contributed by atoms with Gasteiger partial charge in [0.15, 0.2) is 0 Å². The van der Waals surface area contributed by atoms with E-state index < -0.39 is 0 Å². The largest absolute Gasteiger partial charge is 0.497 e. The molecule has 0 radical (unpaired) electrons. The Balaban J connectivity index is 1.58. The van der Waals surface area contributed by atoms with E-state index in [9.17, 15) is 9.90 Å². The average molecular weight is 448 g/mol. The summed E-state index contributed by atoms with van der Waals surface area (Å²) in [5, 5.41) is 14.0. The van der Waals surface area contributed by atoms with Gasteiger partial charge in [0.2, 0.25) is 0 Å². The van der Waals surface area contributed by atoms with Crippen LogP contribution in [0.1, 0.15) is 59.8 Å². The minimum absolute atomic E-state index is 0.0217. The van der Waals surface area contributed by atoms with Crippen molar-refractivity contribution < 1.29 is 14.6 Å². The number of rotatable bonds is 7. The second-order valence-electron chi connectivity index (χ2n) is 9.01. The zero-order chi connectivity index (χ0) is 23.1. The van der Waals surface area contributed by atoms with E-state index in [0.29, 0.717) is 18.1 Å². The fourth-order valence-electron chi connectivity index (χ4n) is 4.59. The maximum absolute atomic E-state index is 13.3. The Morgan fingerprint density at radius 2 is 2.03 bits per heavy atom. The zero-order valence-electron chi connectivity index (χ0n) is 19.3. The van der Waals surface area contributed by atoms with Crippen molar-refractivity contribution in [2.45, 2.75) is 51.5 Å². The molecule has 0 spiro atoms. The summed E-state index contributed by atoms with van der Waals surface area (Å²) < 4.78 is 7.17. The molecule has 2 aliphatic rings. The van der Waals surface area contributed by atoms with Crippen molar-refractivity contribution in [3.8, 4) is 23.0 Å². The SMILES string of the molecule is COc1ccc2c(c1)-c1nc(-n3ncc(C(=O)N(CCO)C(C)C)c3C3CC3)ncc1CC2. The van der Waals surface area contributed by atoms with Gasteiger partial charge < -0.3 is 14.7 Å². The Bertz CT molecular complexity index is 1200. The van der Waals surface area contributed by atoms with Crippen molar-refractivity contribution in [3.63, 3.8) is 0 Å². The van der Waals surface area contributed by atoms with E-state index in [2.05, 4.69) is 16.1 Å².